The molecule has 1 amide bonds. The van der Waals surface area contributed by atoms with Crippen molar-refractivity contribution in [2.45, 2.75) is 6.92 Å². The fourth-order valence-electron chi connectivity index (χ4n) is 2.80. The number of benzene rings is 1. The van der Waals surface area contributed by atoms with Crippen LogP contribution in [0, 0.1) is 0 Å². The molecule has 1 saturated heterocycles. The summed E-state index contributed by atoms with van der Waals surface area (Å²) in [5.41, 5.74) is 1.92. The Kier molecular flexibility index (Phi) is 5.78. The van der Waals surface area contributed by atoms with Gasteiger partial charge in [-0.3, -0.25) is 9.78 Å². The highest BCUT2D eigenvalue weighted by molar-refractivity contribution is 6.36. The summed E-state index contributed by atoms with van der Waals surface area (Å²) in [5, 5.41) is 4.30. The molecule has 0 atom stereocenters. The molecule has 5 nitrogen and oxygen atoms in total. The zero-order valence-corrected chi connectivity index (χ0v) is 15.5. The molecule has 1 N–H and O–H groups in total. The van der Waals surface area contributed by atoms with Crippen LogP contribution in [0.4, 0.5) is 11.4 Å². The molecule has 0 bridgehead atoms. The number of hydrogen-bond acceptors (Lipinski definition) is 4. The molecule has 7 heteroatoms. The third kappa shape index (κ3) is 4.42. The maximum atomic E-state index is 12.7. The van der Waals surface area contributed by atoms with Gasteiger partial charge < -0.3 is 15.1 Å². The first-order chi connectivity index (χ1) is 12.1. The molecule has 1 fully saturated rings. The standard InChI is InChI=1S/C18H20Cl2N4O/c1-2-23-7-9-24(10-8-23)18(25)17-12-14(5-6-21-17)22-16-4-3-13(19)11-15(16)20/h3-6,11-12H,2,7-10H2,1H3,(H,21,22). The van der Waals surface area contributed by atoms with Crippen molar-refractivity contribution in [3.05, 3.63) is 52.3 Å². The van der Waals surface area contributed by atoms with Gasteiger partial charge in [0.15, 0.2) is 0 Å². The maximum Gasteiger partial charge on any atom is 0.272 e. The smallest absolute Gasteiger partial charge is 0.272 e. The Morgan fingerprint density at radius 3 is 2.60 bits per heavy atom. The van der Waals surface area contributed by atoms with E-state index in [-0.39, 0.29) is 5.91 Å². The largest absolute Gasteiger partial charge is 0.354 e. The van der Waals surface area contributed by atoms with Crippen LogP contribution in [0.2, 0.25) is 10.0 Å². The van der Waals surface area contributed by atoms with Crippen LogP contribution in [-0.4, -0.2) is 53.4 Å². The molecule has 1 aromatic heterocycles. The van der Waals surface area contributed by atoms with Crippen LogP contribution in [0.5, 0.6) is 0 Å². The number of halogens is 2. The summed E-state index contributed by atoms with van der Waals surface area (Å²) in [6.07, 6.45) is 1.63. The Balaban J connectivity index is 1.72. The van der Waals surface area contributed by atoms with Crippen molar-refractivity contribution < 1.29 is 4.79 Å². The first-order valence-electron chi connectivity index (χ1n) is 8.26. The molecule has 0 radical (unpaired) electrons. The average molecular weight is 379 g/mol. The van der Waals surface area contributed by atoms with E-state index in [0.29, 0.717) is 15.7 Å². The van der Waals surface area contributed by atoms with Crippen molar-refractivity contribution in [3.8, 4) is 0 Å². The Hall–Kier alpha value is -1.82. The molecule has 0 unspecified atom stereocenters. The second-order valence-electron chi connectivity index (χ2n) is 5.91. The Labute approximate surface area is 157 Å². The quantitative estimate of drug-likeness (QED) is 0.875. The summed E-state index contributed by atoms with van der Waals surface area (Å²) < 4.78 is 0. The summed E-state index contributed by atoms with van der Waals surface area (Å²) >= 11 is 12.1. The second kappa shape index (κ2) is 8.04. The fraction of sp³-hybridized carbons (Fsp3) is 0.333. The van der Waals surface area contributed by atoms with Crippen molar-refractivity contribution in [1.82, 2.24) is 14.8 Å². The number of carbonyl (C=O) groups excluding carboxylic acids is 1. The topological polar surface area (TPSA) is 48.5 Å². The van der Waals surface area contributed by atoms with Gasteiger partial charge in [0.2, 0.25) is 0 Å². The number of hydrogen-bond donors (Lipinski definition) is 1. The fourth-order valence-corrected chi connectivity index (χ4v) is 3.26. The number of carbonyl (C=O) groups is 1. The van der Waals surface area contributed by atoms with Crippen LogP contribution in [-0.2, 0) is 0 Å². The number of nitrogens with one attached hydrogen (secondary N) is 1. The predicted molar refractivity (Wildman–Crippen MR) is 102 cm³/mol. The molecule has 0 spiro atoms. The molecule has 3 rings (SSSR count). The number of anilines is 2. The van der Waals surface area contributed by atoms with Gasteiger partial charge in [0, 0.05) is 43.1 Å². The number of rotatable bonds is 4. The summed E-state index contributed by atoms with van der Waals surface area (Å²) in [7, 11) is 0. The van der Waals surface area contributed by atoms with Gasteiger partial charge in [0.25, 0.3) is 5.91 Å². The van der Waals surface area contributed by atoms with E-state index in [0.717, 1.165) is 44.1 Å². The highest BCUT2D eigenvalue weighted by Gasteiger charge is 2.22. The lowest BCUT2D eigenvalue weighted by atomic mass is 10.2. The van der Waals surface area contributed by atoms with E-state index < -0.39 is 0 Å². The zero-order valence-electron chi connectivity index (χ0n) is 14.0. The second-order valence-corrected chi connectivity index (χ2v) is 6.75. The normalized spacial score (nSPS) is 15.2. The Bertz CT molecular complexity index is 760. The van der Waals surface area contributed by atoms with Crippen LogP contribution in [0.25, 0.3) is 0 Å². The van der Waals surface area contributed by atoms with Gasteiger partial charge in [-0.15, -0.1) is 0 Å². The van der Waals surface area contributed by atoms with Gasteiger partial charge >= 0.3 is 0 Å². The van der Waals surface area contributed by atoms with Gasteiger partial charge in [-0.1, -0.05) is 30.1 Å². The van der Waals surface area contributed by atoms with Crippen molar-refractivity contribution in [2.75, 3.05) is 38.0 Å². The van der Waals surface area contributed by atoms with E-state index >= 15 is 0 Å². The monoisotopic (exact) mass is 378 g/mol. The number of nitrogens with zero attached hydrogens (tertiary/aromatic N) is 3. The lowest BCUT2D eigenvalue weighted by molar-refractivity contribution is 0.0637. The van der Waals surface area contributed by atoms with E-state index in [4.69, 9.17) is 23.2 Å². The van der Waals surface area contributed by atoms with Crippen molar-refractivity contribution in [2.24, 2.45) is 0 Å². The van der Waals surface area contributed by atoms with Gasteiger partial charge in [0.1, 0.15) is 5.69 Å². The molecule has 0 saturated carbocycles. The molecular weight excluding hydrogens is 359 g/mol. The molecular formula is C18H20Cl2N4O. The third-order valence-electron chi connectivity index (χ3n) is 4.30. The van der Waals surface area contributed by atoms with Gasteiger partial charge in [0.05, 0.1) is 10.7 Å². The van der Waals surface area contributed by atoms with Gasteiger partial charge in [-0.05, 0) is 36.9 Å². The number of piperazine rings is 1. The molecule has 0 aliphatic carbocycles. The molecule has 2 heterocycles. The lowest BCUT2D eigenvalue weighted by Crippen LogP contribution is -2.48. The number of aromatic nitrogens is 1. The summed E-state index contributed by atoms with van der Waals surface area (Å²) in [4.78, 5) is 21.1. The third-order valence-corrected chi connectivity index (χ3v) is 4.84. The molecule has 2 aromatic rings. The minimum absolute atomic E-state index is 0.0402. The molecule has 1 aliphatic rings. The van der Waals surface area contributed by atoms with Gasteiger partial charge in [-0.2, -0.15) is 0 Å². The molecule has 1 aromatic carbocycles. The predicted octanol–water partition coefficient (Wildman–Crippen LogP) is 3.91. The zero-order chi connectivity index (χ0) is 17.8. The average Bonchev–Trinajstić information content (AvgIpc) is 2.64. The molecule has 25 heavy (non-hydrogen) atoms. The first-order valence-corrected chi connectivity index (χ1v) is 9.02. The SMILES string of the molecule is CCN1CCN(C(=O)c2cc(Nc3ccc(Cl)cc3Cl)ccn2)CC1. The van der Waals surface area contributed by atoms with Crippen LogP contribution in [0.15, 0.2) is 36.5 Å². The van der Waals surface area contributed by atoms with Gasteiger partial charge in [-0.25, -0.2) is 0 Å². The lowest BCUT2D eigenvalue weighted by Gasteiger charge is -2.33. The van der Waals surface area contributed by atoms with E-state index in [2.05, 4.69) is 22.1 Å². The minimum Gasteiger partial charge on any atom is -0.354 e. The number of likely N-dealkylation sites (N-methyl/N-ethyl adjacent to an activating group) is 1. The van der Waals surface area contributed by atoms with Crippen molar-refractivity contribution in [3.63, 3.8) is 0 Å². The van der Waals surface area contributed by atoms with Crippen LogP contribution in [0.3, 0.4) is 0 Å². The van der Waals surface area contributed by atoms with Crippen LogP contribution in [0.1, 0.15) is 17.4 Å². The van der Waals surface area contributed by atoms with Crippen LogP contribution < -0.4 is 5.32 Å². The number of pyridine rings is 1. The van der Waals surface area contributed by atoms with Crippen molar-refractivity contribution in [1.29, 1.82) is 0 Å². The van der Waals surface area contributed by atoms with Crippen LogP contribution >= 0.6 is 23.2 Å². The summed E-state index contributed by atoms with van der Waals surface area (Å²) in [6, 6.07) is 8.79. The first kappa shape index (κ1) is 18.0. The number of amides is 1. The maximum absolute atomic E-state index is 12.7. The van der Waals surface area contributed by atoms with E-state index in [1.807, 2.05) is 4.90 Å². The highest BCUT2D eigenvalue weighted by atomic mass is 35.5. The molecule has 1 aliphatic heterocycles. The minimum atomic E-state index is -0.0402. The van der Waals surface area contributed by atoms with E-state index in [1.54, 1.807) is 36.5 Å². The Morgan fingerprint density at radius 2 is 1.92 bits per heavy atom. The van der Waals surface area contributed by atoms with E-state index in [9.17, 15) is 4.79 Å². The Morgan fingerprint density at radius 1 is 1.16 bits per heavy atom. The summed E-state index contributed by atoms with van der Waals surface area (Å²) in [5.74, 6) is -0.0402. The van der Waals surface area contributed by atoms with Crippen molar-refractivity contribution >= 4 is 40.5 Å². The highest BCUT2D eigenvalue weighted by Crippen LogP contribution is 2.28. The molecule has 132 valence electrons. The summed E-state index contributed by atoms with van der Waals surface area (Å²) in [6.45, 7) is 6.42. The van der Waals surface area contributed by atoms with E-state index in [1.165, 1.54) is 0 Å².